The molecule has 0 saturated heterocycles. The lowest BCUT2D eigenvalue weighted by Gasteiger charge is -2.29. The van der Waals surface area contributed by atoms with Crippen molar-refractivity contribution in [1.29, 1.82) is 0 Å². The van der Waals surface area contributed by atoms with Crippen LogP contribution in [0.25, 0.3) is 0 Å². The average Bonchev–Trinajstić information content (AvgIpc) is 2.47. The number of alkyl halides is 2. The molecule has 0 aliphatic rings. The lowest BCUT2D eigenvalue weighted by Crippen LogP contribution is -2.20. The minimum atomic E-state index is 0.0120. The molecule has 106 valence electrons. The van der Waals surface area contributed by atoms with E-state index in [2.05, 4.69) is 106 Å². The molecule has 0 spiro atoms. The highest BCUT2D eigenvalue weighted by Crippen LogP contribution is 2.42. The fourth-order valence-electron chi connectivity index (χ4n) is 2.33. The van der Waals surface area contributed by atoms with Gasteiger partial charge in [0.05, 0.1) is 0 Å². The van der Waals surface area contributed by atoms with Crippen LogP contribution in [0.15, 0.2) is 60.7 Å². The van der Waals surface area contributed by atoms with Gasteiger partial charge in [-0.05, 0) is 37.8 Å². The Bertz CT molecular complexity index is 478. The molecule has 2 atom stereocenters. The van der Waals surface area contributed by atoms with Crippen LogP contribution in [0.1, 0.15) is 37.8 Å². The Morgan fingerprint density at radius 2 is 0.950 bits per heavy atom. The third-order valence-corrected chi connectivity index (χ3v) is 5.52. The maximum absolute atomic E-state index is 3.89. The van der Waals surface area contributed by atoms with Crippen LogP contribution in [0.2, 0.25) is 0 Å². The van der Waals surface area contributed by atoms with E-state index >= 15 is 0 Å². The first-order valence-electron chi connectivity index (χ1n) is 6.91. The molecule has 0 amide bonds. The number of hydrogen-bond donors (Lipinski definition) is 0. The summed E-state index contributed by atoms with van der Waals surface area (Å²) in [5.74, 6) is 0. The smallest absolute Gasteiger partial charge is 0.0478 e. The van der Waals surface area contributed by atoms with Gasteiger partial charge in [0.25, 0.3) is 0 Å². The van der Waals surface area contributed by atoms with E-state index in [0.717, 1.165) is 12.8 Å². The maximum atomic E-state index is 3.89. The molecule has 0 nitrogen and oxygen atoms in total. The fraction of sp³-hybridized carbons (Fsp3) is 0.333. The number of halogens is 2. The van der Waals surface area contributed by atoms with Gasteiger partial charge in [0.1, 0.15) is 0 Å². The molecule has 0 bridgehead atoms. The van der Waals surface area contributed by atoms with E-state index in [9.17, 15) is 0 Å². The second-order valence-electron chi connectivity index (χ2n) is 5.63. The topological polar surface area (TPSA) is 0 Å². The molecule has 0 saturated carbocycles. The zero-order valence-electron chi connectivity index (χ0n) is 11.9. The van der Waals surface area contributed by atoms with Crippen molar-refractivity contribution in [2.45, 2.75) is 35.3 Å². The van der Waals surface area contributed by atoms with Gasteiger partial charge in [-0.2, -0.15) is 0 Å². The Morgan fingerprint density at radius 1 is 0.650 bits per heavy atom. The second kappa shape index (κ2) is 6.44. The summed E-state index contributed by atoms with van der Waals surface area (Å²) in [5.41, 5.74) is 2.66. The first kappa shape index (κ1) is 15.8. The molecular weight excluding hydrogens is 376 g/mol. The van der Waals surface area contributed by atoms with Gasteiger partial charge in [0.2, 0.25) is 0 Å². The van der Waals surface area contributed by atoms with Gasteiger partial charge in [-0.1, -0.05) is 92.5 Å². The highest BCUT2D eigenvalue weighted by atomic mass is 79.9. The molecule has 2 aromatic carbocycles. The SMILES string of the molecule is CC(Br)(CCC(C)(Br)c1ccccc1)c1ccccc1. The van der Waals surface area contributed by atoms with Crippen LogP contribution >= 0.6 is 31.9 Å². The van der Waals surface area contributed by atoms with Gasteiger partial charge in [0.15, 0.2) is 0 Å². The van der Waals surface area contributed by atoms with Crippen LogP contribution in [0.5, 0.6) is 0 Å². The molecular formula is C18H20Br2. The summed E-state index contributed by atoms with van der Waals surface area (Å²) in [4.78, 5) is 0. The molecule has 0 heterocycles. The van der Waals surface area contributed by atoms with Gasteiger partial charge < -0.3 is 0 Å². The minimum absolute atomic E-state index is 0.0120. The number of hydrogen-bond acceptors (Lipinski definition) is 0. The monoisotopic (exact) mass is 394 g/mol. The zero-order valence-corrected chi connectivity index (χ0v) is 15.1. The third-order valence-electron chi connectivity index (χ3n) is 3.82. The van der Waals surface area contributed by atoms with Crippen molar-refractivity contribution in [2.24, 2.45) is 0 Å². The molecule has 0 radical (unpaired) electrons. The van der Waals surface area contributed by atoms with E-state index < -0.39 is 0 Å². The minimum Gasteiger partial charge on any atom is -0.0804 e. The first-order valence-corrected chi connectivity index (χ1v) is 8.49. The van der Waals surface area contributed by atoms with Gasteiger partial charge in [-0.3, -0.25) is 0 Å². The van der Waals surface area contributed by atoms with E-state index in [1.165, 1.54) is 11.1 Å². The summed E-state index contributed by atoms with van der Waals surface area (Å²) in [6, 6.07) is 21.2. The molecule has 0 aliphatic heterocycles. The van der Waals surface area contributed by atoms with E-state index in [1.54, 1.807) is 0 Å². The summed E-state index contributed by atoms with van der Waals surface area (Å²) in [6.45, 7) is 4.49. The fourth-order valence-corrected chi connectivity index (χ4v) is 3.25. The molecule has 2 heteroatoms. The van der Waals surface area contributed by atoms with Gasteiger partial charge in [0, 0.05) is 8.65 Å². The lowest BCUT2D eigenvalue weighted by molar-refractivity contribution is 0.525. The molecule has 0 N–H and O–H groups in total. The normalized spacial score (nSPS) is 17.2. The summed E-state index contributed by atoms with van der Waals surface area (Å²) < 4.78 is 0.0239. The summed E-state index contributed by atoms with van der Waals surface area (Å²) >= 11 is 7.79. The first-order chi connectivity index (χ1) is 9.42. The van der Waals surface area contributed by atoms with E-state index in [0.29, 0.717) is 0 Å². The zero-order chi connectivity index (χ0) is 14.6. The van der Waals surface area contributed by atoms with Crippen molar-refractivity contribution in [3.8, 4) is 0 Å². The third kappa shape index (κ3) is 3.95. The van der Waals surface area contributed by atoms with Gasteiger partial charge in [-0.25, -0.2) is 0 Å². The maximum Gasteiger partial charge on any atom is 0.0478 e. The summed E-state index contributed by atoms with van der Waals surface area (Å²) in [7, 11) is 0. The van der Waals surface area contributed by atoms with E-state index in [4.69, 9.17) is 0 Å². The Morgan fingerprint density at radius 3 is 1.25 bits per heavy atom. The predicted octanol–water partition coefficient (Wildman–Crippen LogP) is 6.39. The van der Waals surface area contributed by atoms with Crippen LogP contribution < -0.4 is 0 Å². The Kier molecular flexibility index (Phi) is 5.09. The largest absolute Gasteiger partial charge is 0.0804 e. The predicted molar refractivity (Wildman–Crippen MR) is 94.7 cm³/mol. The molecule has 0 aromatic heterocycles. The average molecular weight is 396 g/mol. The standard InChI is InChI=1S/C18H20Br2/c1-17(19,15-9-5-3-6-10-15)13-14-18(2,20)16-11-7-4-8-12-16/h3-12H,13-14H2,1-2H3. The van der Waals surface area contributed by atoms with Gasteiger partial charge in [-0.15, -0.1) is 0 Å². The Hall–Kier alpha value is -0.600. The Balaban J connectivity index is 2.08. The number of rotatable bonds is 5. The van der Waals surface area contributed by atoms with Crippen molar-refractivity contribution in [3.63, 3.8) is 0 Å². The molecule has 0 aliphatic carbocycles. The molecule has 2 aromatic rings. The van der Waals surface area contributed by atoms with Crippen molar-refractivity contribution >= 4 is 31.9 Å². The highest BCUT2D eigenvalue weighted by molar-refractivity contribution is 9.10. The van der Waals surface area contributed by atoms with Crippen LogP contribution in [-0.4, -0.2) is 0 Å². The van der Waals surface area contributed by atoms with Crippen LogP contribution in [0, 0.1) is 0 Å². The summed E-state index contributed by atoms with van der Waals surface area (Å²) in [6.07, 6.45) is 2.13. The van der Waals surface area contributed by atoms with Crippen LogP contribution in [-0.2, 0) is 8.65 Å². The van der Waals surface area contributed by atoms with Crippen molar-refractivity contribution < 1.29 is 0 Å². The lowest BCUT2D eigenvalue weighted by atomic mass is 9.89. The van der Waals surface area contributed by atoms with Crippen molar-refractivity contribution in [1.82, 2.24) is 0 Å². The highest BCUT2D eigenvalue weighted by Gasteiger charge is 2.29. The molecule has 20 heavy (non-hydrogen) atoms. The van der Waals surface area contributed by atoms with Crippen LogP contribution in [0.3, 0.4) is 0 Å². The molecule has 2 rings (SSSR count). The van der Waals surface area contributed by atoms with E-state index in [1.807, 2.05) is 0 Å². The van der Waals surface area contributed by atoms with Crippen LogP contribution in [0.4, 0.5) is 0 Å². The Labute approximate surface area is 138 Å². The second-order valence-corrected chi connectivity index (χ2v) is 9.13. The number of benzene rings is 2. The van der Waals surface area contributed by atoms with E-state index in [-0.39, 0.29) is 8.65 Å². The quantitative estimate of drug-likeness (QED) is 0.514. The van der Waals surface area contributed by atoms with Crippen molar-refractivity contribution in [2.75, 3.05) is 0 Å². The molecule has 0 fully saturated rings. The van der Waals surface area contributed by atoms with Gasteiger partial charge >= 0.3 is 0 Å². The molecule has 2 unspecified atom stereocenters. The summed E-state index contributed by atoms with van der Waals surface area (Å²) in [5, 5.41) is 0. The van der Waals surface area contributed by atoms with Crippen molar-refractivity contribution in [3.05, 3.63) is 71.8 Å².